The smallest absolute Gasteiger partial charge is 0.0534 e. The molecule has 1 aromatic carbocycles. The van der Waals surface area contributed by atoms with E-state index in [4.69, 9.17) is 0 Å². The number of fused-ring (bicyclic) bond motifs is 1. The molecule has 0 nitrogen and oxygen atoms in total. The summed E-state index contributed by atoms with van der Waals surface area (Å²) in [6.45, 7) is 2.23. The van der Waals surface area contributed by atoms with Crippen molar-refractivity contribution in [2.24, 2.45) is 0 Å². The molecular weight excluding hydrogens is 176 g/mol. The van der Waals surface area contributed by atoms with Crippen molar-refractivity contribution in [3.63, 3.8) is 0 Å². The molecule has 0 saturated heterocycles. The van der Waals surface area contributed by atoms with Crippen LogP contribution in [-0.2, 0) is 6.42 Å². The number of rotatable bonds is 3. The van der Waals surface area contributed by atoms with Gasteiger partial charge in [-0.2, -0.15) is 0 Å². The summed E-state index contributed by atoms with van der Waals surface area (Å²) in [7, 11) is 0. The van der Waals surface area contributed by atoms with Gasteiger partial charge in [0.15, 0.2) is 0 Å². The van der Waals surface area contributed by atoms with Crippen LogP contribution < -0.4 is 0 Å². The number of thiophene rings is 1. The molecule has 0 spiro atoms. The zero-order chi connectivity index (χ0) is 9.10. The molecule has 0 N–H and O–H groups in total. The molecular formula is C12H12S. The van der Waals surface area contributed by atoms with Crippen LogP contribution in [-0.4, -0.2) is 0 Å². The highest BCUT2D eigenvalue weighted by molar-refractivity contribution is 7.08. The first kappa shape index (κ1) is 8.76. The summed E-state index contributed by atoms with van der Waals surface area (Å²) >= 11 is 1.54. The molecule has 0 bridgehead atoms. The van der Waals surface area contributed by atoms with E-state index in [9.17, 15) is 0 Å². The van der Waals surface area contributed by atoms with Crippen LogP contribution in [0.15, 0.2) is 18.2 Å². The summed E-state index contributed by atoms with van der Waals surface area (Å²) < 4.78 is 0. The Kier molecular flexibility index (Phi) is 2.65. The molecule has 0 atom stereocenters. The van der Waals surface area contributed by atoms with Crippen LogP contribution in [0, 0.1) is 10.8 Å². The minimum absolute atomic E-state index is 1.19. The van der Waals surface area contributed by atoms with Crippen LogP contribution in [0.4, 0.5) is 0 Å². The number of unbranched alkanes of at least 4 members (excludes halogenated alkanes) is 1. The molecule has 0 aliphatic carbocycles. The average molecular weight is 188 g/mol. The van der Waals surface area contributed by atoms with E-state index in [1.54, 1.807) is 0 Å². The Hall–Kier alpha value is -0.820. The van der Waals surface area contributed by atoms with Crippen molar-refractivity contribution in [3.05, 3.63) is 34.5 Å². The third-order valence-corrected chi connectivity index (χ3v) is 2.87. The Balaban J connectivity index is 2.26. The van der Waals surface area contributed by atoms with Crippen molar-refractivity contribution in [1.82, 2.24) is 0 Å². The summed E-state index contributed by atoms with van der Waals surface area (Å²) in [5.41, 5.74) is 1.43. The first-order valence-electron chi connectivity index (χ1n) is 4.71. The molecule has 0 amide bonds. The summed E-state index contributed by atoms with van der Waals surface area (Å²) in [5, 5.41) is 8.83. The Morgan fingerprint density at radius 3 is 2.92 bits per heavy atom. The molecule has 2 aromatic rings. The predicted molar refractivity (Wildman–Crippen MR) is 58.1 cm³/mol. The van der Waals surface area contributed by atoms with E-state index in [-0.39, 0.29) is 0 Å². The van der Waals surface area contributed by atoms with Crippen molar-refractivity contribution in [1.29, 1.82) is 0 Å². The van der Waals surface area contributed by atoms with Crippen LogP contribution in [0.2, 0.25) is 0 Å². The van der Waals surface area contributed by atoms with Gasteiger partial charge in [0.2, 0.25) is 0 Å². The highest BCUT2D eigenvalue weighted by Gasteiger charge is 1.97. The quantitative estimate of drug-likeness (QED) is 0.686. The van der Waals surface area contributed by atoms with Crippen LogP contribution in [0.1, 0.15) is 25.3 Å². The second-order valence-corrected chi connectivity index (χ2v) is 3.90. The standard InChI is InChI=1S/C12H12S/c1-2-3-4-10-5-6-11-8-13-9-12(11)7-10/h5-7H,2-4H2,1H3. The lowest BCUT2D eigenvalue weighted by molar-refractivity contribution is 0.796. The van der Waals surface area contributed by atoms with Crippen molar-refractivity contribution in [2.45, 2.75) is 26.2 Å². The molecule has 1 heterocycles. The molecule has 0 aliphatic rings. The average Bonchev–Trinajstić information content (AvgIpc) is 2.61. The van der Waals surface area contributed by atoms with Crippen LogP contribution in [0.5, 0.6) is 0 Å². The van der Waals surface area contributed by atoms with Gasteiger partial charge >= 0.3 is 0 Å². The van der Waals surface area contributed by atoms with Gasteiger partial charge in [-0.05, 0) is 24.5 Å². The summed E-state index contributed by atoms with van der Waals surface area (Å²) in [6.07, 6.45) is 3.73. The number of hydrogen-bond acceptors (Lipinski definition) is 1. The maximum Gasteiger partial charge on any atom is 0.0534 e. The van der Waals surface area contributed by atoms with E-state index in [1.807, 2.05) is 0 Å². The molecule has 0 aliphatic heterocycles. The normalized spacial score (nSPS) is 10.8. The van der Waals surface area contributed by atoms with Gasteiger partial charge in [-0.1, -0.05) is 25.5 Å². The first-order chi connectivity index (χ1) is 6.40. The van der Waals surface area contributed by atoms with Gasteiger partial charge in [-0.15, -0.1) is 11.3 Å². The largest absolute Gasteiger partial charge is 0.132 e. The van der Waals surface area contributed by atoms with Crippen LogP contribution in [0.25, 0.3) is 10.8 Å². The predicted octanol–water partition coefficient (Wildman–Crippen LogP) is 3.84. The Morgan fingerprint density at radius 1 is 1.23 bits per heavy atom. The van der Waals surface area contributed by atoms with Gasteiger partial charge < -0.3 is 0 Å². The van der Waals surface area contributed by atoms with Gasteiger partial charge in [0.1, 0.15) is 0 Å². The van der Waals surface area contributed by atoms with Gasteiger partial charge in [-0.25, -0.2) is 0 Å². The monoisotopic (exact) mass is 188 g/mol. The van der Waals surface area contributed by atoms with E-state index in [0.29, 0.717) is 0 Å². The lowest BCUT2D eigenvalue weighted by Gasteiger charge is -1.98. The van der Waals surface area contributed by atoms with Crippen LogP contribution >= 0.6 is 11.3 Å². The molecule has 1 heteroatoms. The molecule has 2 radical (unpaired) electrons. The second kappa shape index (κ2) is 3.93. The van der Waals surface area contributed by atoms with Gasteiger partial charge in [0.05, 0.1) is 10.8 Å². The minimum atomic E-state index is 1.19. The Labute approximate surface area is 83.2 Å². The zero-order valence-electron chi connectivity index (χ0n) is 7.76. The fourth-order valence-corrected chi connectivity index (χ4v) is 2.05. The lowest BCUT2D eigenvalue weighted by Crippen LogP contribution is -1.83. The molecule has 0 unspecified atom stereocenters. The first-order valence-corrected chi connectivity index (χ1v) is 5.52. The van der Waals surface area contributed by atoms with Gasteiger partial charge in [-0.3, -0.25) is 0 Å². The minimum Gasteiger partial charge on any atom is -0.132 e. The van der Waals surface area contributed by atoms with Gasteiger partial charge in [0.25, 0.3) is 0 Å². The second-order valence-electron chi connectivity index (χ2n) is 3.29. The zero-order valence-corrected chi connectivity index (χ0v) is 8.58. The fraction of sp³-hybridized carbons (Fsp3) is 0.333. The number of benzene rings is 1. The summed E-state index contributed by atoms with van der Waals surface area (Å²) in [6, 6.07) is 6.58. The van der Waals surface area contributed by atoms with Crippen molar-refractivity contribution >= 4 is 22.1 Å². The molecule has 13 heavy (non-hydrogen) atoms. The van der Waals surface area contributed by atoms with Crippen molar-refractivity contribution in [2.75, 3.05) is 0 Å². The number of aryl methyl sites for hydroxylation is 1. The maximum atomic E-state index is 3.22. The molecule has 2 rings (SSSR count). The van der Waals surface area contributed by atoms with Crippen LogP contribution in [0.3, 0.4) is 0 Å². The van der Waals surface area contributed by atoms with E-state index >= 15 is 0 Å². The van der Waals surface area contributed by atoms with E-state index in [1.165, 1.54) is 46.9 Å². The third kappa shape index (κ3) is 1.92. The van der Waals surface area contributed by atoms with E-state index < -0.39 is 0 Å². The summed E-state index contributed by atoms with van der Waals surface area (Å²) in [5.74, 6) is 0. The fourth-order valence-electron chi connectivity index (χ4n) is 1.44. The SMILES string of the molecule is CCCCc1ccc2[c]s[c]c2c1. The number of hydrogen-bond donors (Lipinski definition) is 0. The third-order valence-electron chi connectivity index (χ3n) is 2.22. The van der Waals surface area contributed by atoms with E-state index in [0.717, 1.165) is 0 Å². The molecule has 1 aromatic heterocycles. The van der Waals surface area contributed by atoms with E-state index in [2.05, 4.69) is 35.9 Å². The molecule has 0 saturated carbocycles. The highest BCUT2D eigenvalue weighted by atomic mass is 32.1. The van der Waals surface area contributed by atoms with Gasteiger partial charge in [0, 0.05) is 10.8 Å². The Bertz CT molecular complexity index is 387. The Morgan fingerprint density at radius 2 is 2.08 bits per heavy atom. The highest BCUT2D eigenvalue weighted by Crippen LogP contribution is 2.19. The summed E-state index contributed by atoms with van der Waals surface area (Å²) in [4.78, 5) is 0. The molecule has 66 valence electrons. The molecule has 0 fully saturated rings. The topological polar surface area (TPSA) is 0 Å². The lowest BCUT2D eigenvalue weighted by atomic mass is 10.1. The van der Waals surface area contributed by atoms with Crippen molar-refractivity contribution < 1.29 is 0 Å². The maximum absolute atomic E-state index is 3.22. The van der Waals surface area contributed by atoms with Crippen molar-refractivity contribution in [3.8, 4) is 0 Å².